The van der Waals surface area contributed by atoms with Crippen LogP contribution in [0, 0.1) is 0 Å². The maximum atomic E-state index is 6.19. The van der Waals surface area contributed by atoms with Crippen molar-refractivity contribution in [2.45, 2.75) is 38.3 Å². The Bertz CT molecular complexity index is 591. The van der Waals surface area contributed by atoms with E-state index >= 15 is 0 Å². The number of hydrogen-bond donors (Lipinski definition) is 1. The Balaban J connectivity index is 1.63. The highest BCUT2D eigenvalue weighted by Gasteiger charge is 2.17. The van der Waals surface area contributed by atoms with Crippen LogP contribution in [0.4, 0.5) is 5.69 Å². The molecule has 0 unspecified atom stereocenters. The smallest absolute Gasteiger partial charge is 0.0815 e. The molecule has 1 heterocycles. The molecular formula is C15H17BrClN3. The molecule has 0 radical (unpaired) electrons. The topological polar surface area (TPSA) is 29.9 Å². The van der Waals surface area contributed by atoms with Crippen LogP contribution in [0.1, 0.15) is 37.4 Å². The van der Waals surface area contributed by atoms with E-state index in [-0.39, 0.29) is 0 Å². The predicted molar refractivity (Wildman–Crippen MR) is 86.2 cm³/mol. The summed E-state index contributed by atoms with van der Waals surface area (Å²) >= 11 is 9.59. The zero-order chi connectivity index (χ0) is 13.9. The van der Waals surface area contributed by atoms with Crippen LogP contribution in [0.3, 0.4) is 0 Å². The molecule has 3 nitrogen and oxygen atoms in total. The lowest BCUT2D eigenvalue weighted by Crippen LogP contribution is -2.07. The second-order valence-electron chi connectivity index (χ2n) is 5.20. The van der Waals surface area contributed by atoms with Crippen LogP contribution in [0.2, 0.25) is 5.02 Å². The van der Waals surface area contributed by atoms with Crippen LogP contribution in [0.25, 0.3) is 0 Å². The Morgan fingerprint density at radius 1 is 1.30 bits per heavy atom. The molecule has 20 heavy (non-hydrogen) atoms. The van der Waals surface area contributed by atoms with E-state index in [9.17, 15) is 0 Å². The van der Waals surface area contributed by atoms with E-state index in [1.165, 1.54) is 25.7 Å². The largest absolute Gasteiger partial charge is 0.378 e. The van der Waals surface area contributed by atoms with Gasteiger partial charge < -0.3 is 5.32 Å². The Morgan fingerprint density at radius 2 is 2.10 bits per heavy atom. The molecule has 1 fully saturated rings. The molecule has 0 saturated heterocycles. The van der Waals surface area contributed by atoms with Gasteiger partial charge in [-0.1, -0.05) is 40.4 Å². The fourth-order valence-corrected chi connectivity index (χ4v) is 3.40. The van der Waals surface area contributed by atoms with Gasteiger partial charge in [-0.3, -0.25) is 4.68 Å². The van der Waals surface area contributed by atoms with Gasteiger partial charge in [-0.25, -0.2) is 0 Å². The molecule has 3 rings (SSSR count). The van der Waals surface area contributed by atoms with Crippen molar-refractivity contribution in [3.63, 3.8) is 0 Å². The van der Waals surface area contributed by atoms with Gasteiger partial charge in [0.05, 0.1) is 29.0 Å². The number of rotatable bonds is 4. The number of hydrogen-bond acceptors (Lipinski definition) is 2. The van der Waals surface area contributed by atoms with Crippen LogP contribution in [-0.4, -0.2) is 9.78 Å². The molecule has 1 aromatic heterocycles. The minimum atomic E-state index is 0.597. The molecule has 1 aliphatic rings. The van der Waals surface area contributed by atoms with Crippen molar-refractivity contribution in [2.75, 3.05) is 5.32 Å². The maximum absolute atomic E-state index is 6.19. The van der Waals surface area contributed by atoms with Gasteiger partial charge in [0.2, 0.25) is 0 Å². The quantitative estimate of drug-likeness (QED) is 0.835. The van der Waals surface area contributed by atoms with Gasteiger partial charge in [0.15, 0.2) is 0 Å². The molecule has 0 aliphatic heterocycles. The van der Waals surface area contributed by atoms with Crippen molar-refractivity contribution in [3.8, 4) is 0 Å². The van der Waals surface area contributed by atoms with Gasteiger partial charge in [-0.15, -0.1) is 0 Å². The van der Waals surface area contributed by atoms with Gasteiger partial charge in [-0.2, -0.15) is 5.10 Å². The highest BCUT2D eigenvalue weighted by Crippen LogP contribution is 2.29. The zero-order valence-electron chi connectivity index (χ0n) is 11.1. The van der Waals surface area contributed by atoms with E-state index < -0.39 is 0 Å². The third kappa shape index (κ3) is 3.18. The van der Waals surface area contributed by atoms with E-state index in [1.54, 1.807) is 0 Å². The number of halogens is 2. The average molecular weight is 355 g/mol. The van der Waals surface area contributed by atoms with Crippen molar-refractivity contribution < 1.29 is 0 Å². The van der Waals surface area contributed by atoms with E-state index in [0.29, 0.717) is 12.6 Å². The molecule has 0 spiro atoms. The van der Waals surface area contributed by atoms with Crippen molar-refractivity contribution in [1.82, 2.24) is 9.78 Å². The molecule has 0 atom stereocenters. The lowest BCUT2D eigenvalue weighted by molar-refractivity contribution is 0.463. The van der Waals surface area contributed by atoms with E-state index in [4.69, 9.17) is 11.6 Å². The van der Waals surface area contributed by atoms with Crippen LogP contribution < -0.4 is 5.32 Å². The number of benzene rings is 1. The van der Waals surface area contributed by atoms with Gasteiger partial charge in [0.25, 0.3) is 0 Å². The Hall–Kier alpha value is -1.00. The van der Waals surface area contributed by atoms with Crippen LogP contribution in [0.5, 0.6) is 0 Å². The fraction of sp³-hybridized carbons (Fsp3) is 0.400. The third-order valence-electron chi connectivity index (χ3n) is 3.75. The number of aromatic nitrogens is 2. The van der Waals surface area contributed by atoms with Crippen molar-refractivity contribution >= 4 is 33.2 Å². The normalized spacial score (nSPS) is 15.7. The molecular weight excluding hydrogens is 338 g/mol. The molecule has 0 bridgehead atoms. The number of nitrogens with one attached hydrogen (secondary N) is 1. The van der Waals surface area contributed by atoms with Gasteiger partial charge in [-0.05, 0) is 37.1 Å². The zero-order valence-corrected chi connectivity index (χ0v) is 13.5. The summed E-state index contributed by atoms with van der Waals surface area (Å²) in [6, 6.07) is 8.52. The van der Waals surface area contributed by atoms with E-state index in [0.717, 1.165) is 20.9 Å². The highest BCUT2D eigenvalue weighted by atomic mass is 79.9. The second kappa shape index (κ2) is 6.19. The average Bonchev–Trinajstić information content (AvgIpc) is 3.08. The molecule has 5 heteroatoms. The second-order valence-corrected chi connectivity index (χ2v) is 6.53. The monoisotopic (exact) mass is 353 g/mol. The summed E-state index contributed by atoms with van der Waals surface area (Å²) in [4.78, 5) is 0. The summed E-state index contributed by atoms with van der Waals surface area (Å²) in [5.74, 6) is 0. The lowest BCUT2D eigenvalue weighted by atomic mass is 10.3. The molecule has 0 amide bonds. The lowest BCUT2D eigenvalue weighted by Gasteiger charge is -2.09. The minimum Gasteiger partial charge on any atom is -0.378 e. The van der Waals surface area contributed by atoms with Crippen molar-refractivity contribution in [1.29, 1.82) is 0 Å². The van der Waals surface area contributed by atoms with Crippen LogP contribution in [0.15, 0.2) is 34.9 Å². The summed E-state index contributed by atoms with van der Waals surface area (Å²) in [6.45, 7) is 0.696. The first-order chi connectivity index (χ1) is 9.72. The number of nitrogens with zero attached hydrogens (tertiary/aromatic N) is 2. The third-order valence-corrected chi connectivity index (χ3v) is 4.56. The minimum absolute atomic E-state index is 0.597. The molecule has 1 aromatic carbocycles. The number of anilines is 1. The summed E-state index contributed by atoms with van der Waals surface area (Å²) in [5.41, 5.74) is 1.99. The predicted octanol–water partition coefficient (Wildman–Crippen LogP) is 5.03. The molecule has 106 valence electrons. The van der Waals surface area contributed by atoms with Gasteiger partial charge in [0.1, 0.15) is 0 Å². The van der Waals surface area contributed by atoms with E-state index in [2.05, 4.69) is 43.3 Å². The molecule has 1 N–H and O–H groups in total. The maximum Gasteiger partial charge on any atom is 0.0815 e. The highest BCUT2D eigenvalue weighted by molar-refractivity contribution is 9.10. The Labute approximate surface area is 132 Å². The molecule has 2 aromatic rings. The molecule has 1 saturated carbocycles. The Morgan fingerprint density at radius 3 is 2.85 bits per heavy atom. The first-order valence-electron chi connectivity index (χ1n) is 6.95. The SMILES string of the molecule is Clc1cc(Br)ccc1NCc1ccn(C2CCCC2)n1. The van der Waals surface area contributed by atoms with Crippen LogP contribution >= 0.6 is 27.5 Å². The molecule has 1 aliphatic carbocycles. The first kappa shape index (κ1) is 14.0. The Kier molecular flexibility index (Phi) is 4.32. The first-order valence-corrected chi connectivity index (χ1v) is 8.12. The summed E-state index contributed by atoms with van der Waals surface area (Å²) in [5, 5.41) is 8.71. The van der Waals surface area contributed by atoms with Crippen molar-refractivity contribution in [2.24, 2.45) is 0 Å². The van der Waals surface area contributed by atoms with Gasteiger partial charge in [0, 0.05) is 10.7 Å². The van der Waals surface area contributed by atoms with E-state index in [1.807, 2.05) is 18.2 Å². The summed E-state index contributed by atoms with van der Waals surface area (Å²) in [6.07, 6.45) is 7.26. The summed E-state index contributed by atoms with van der Waals surface area (Å²) < 4.78 is 3.10. The van der Waals surface area contributed by atoms with Crippen LogP contribution in [-0.2, 0) is 6.54 Å². The fourth-order valence-electron chi connectivity index (χ4n) is 2.66. The standard InChI is InChI=1S/C15H17BrClN3/c16-11-5-6-15(14(17)9-11)18-10-12-7-8-20(19-12)13-3-1-2-4-13/h5-9,13,18H,1-4,10H2. The van der Waals surface area contributed by atoms with Gasteiger partial charge >= 0.3 is 0 Å². The van der Waals surface area contributed by atoms with Crippen molar-refractivity contribution in [3.05, 3.63) is 45.7 Å². The summed E-state index contributed by atoms with van der Waals surface area (Å²) in [7, 11) is 0.